The van der Waals surface area contributed by atoms with Crippen molar-refractivity contribution in [3.8, 4) is 5.95 Å². The fourth-order valence-corrected chi connectivity index (χ4v) is 2.96. The van der Waals surface area contributed by atoms with Gasteiger partial charge in [0.2, 0.25) is 5.82 Å². The second kappa shape index (κ2) is 6.67. The first kappa shape index (κ1) is 15.3. The lowest BCUT2D eigenvalue weighted by Gasteiger charge is -2.19. The Kier molecular flexibility index (Phi) is 4.44. The van der Waals surface area contributed by atoms with Crippen molar-refractivity contribution in [2.45, 2.75) is 13.5 Å². The highest BCUT2D eigenvalue weighted by Crippen LogP contribution is 2.18. The Morgan fingerprint density at radius 3 is 2.83 bits per heavy atom. The average Bonchev–Trinajstić information content (AvgIpc) is 3.27. The number of aromatic amines is 1. The van der Waals surface area contributed by atoms with E-state index in [4.69, 9.17) is 0 Å². The Balaban J connectivity index is 1.78. The monoisotopic (exact) mass is 333 g/mol. The van der Waals surface area contributed by atoms with Crippen LogP contribution in [0.4, 0.5) is 0 Å². The van der Waals surface area contributed by atoms with Gasteiger partial charge in [0.1, 0.15) is 12.7 Å². The van der Waals surface area contributed by atoms with Crippen LogP contribution in [0.1, 0.15) is 20.4 Å². The van der Waals surface area contributed by atoms with Crippen LogP contribution in [-0.4, -0.2) is 59.0 Å². The fraction of sp³-hybridized carbons (Fsp3) is 0.308. The largest absolute Gasteiger partial charge is 0.395 e. The first-order chi connectivity index (χ1) is 11.2. The van der Waals surface area contributed by atoms with Crippen LogP contribution in [0.2, 0.25) is 0 Å². The standard InChI is InChI=1S/C13H15N7O2S/c1-9-2-3-10(23-9)6-19(4-5-21)12(22)11-16-13(18-17-11)20-7-14-15-8-20/h2-3,7-8,21H,4-6H2,1H3,(H,16,17,18). The predicted octanol–water partition coefficient (Wildman–Crippen LogP) is 0.390. The first-order valence-corrected chi connectivity index (χ1v) is 7.72. The molecule has 120 valence electrons. The molecule has 0 aliphatic rings. The van der Waals surface area contributed by atoms with Crippen molar-refractivity contribution in [3.63, 3.8) is 0 Å². The van der Waals surface area contributed by atoms with E-state index in [1.165, 1.54) is 27.0 Å². The number of hydrogen-bond acceptors (Lipinski definition) is 7. The van der Waals surface area contributed by atoms with E-state index in [0.717, 1.165) is 4.88 Å². The molecule has 3 aromatic rings. The van der Waals surface area contributed by atoms with E-state index in [1.54, 1.807) is 11.3 Å². The lowest BCUT2D eigenvalue weighted by molar-refractivity contribution is 0.0698. The van der Waals surface area contributed by atoms with Gasteiger partial charge in [-0.05, 0) is 19.1 Å². The number of amides is 1. The van der Waals surface area contributed by atoms with Crippen LogP contribution in [0.5, 0.6) is 0 Å². The maximum absolute atomic E-state index is 12.6. The third-order valence-electron chi connectivity index (χ3n) is 3.13. The Morgan fingerprint density at radius 1 is 1.39 bits per heavy atom. The van der Waals surface area contributed by atoms with Gasteiger partial charge in [-0.1, -0.05) is 0 Å². The molecule has 0 atom stereocenters. The molecule has 3 aromatic heterocycles. The van der Waals surface area contributed by atoms with E-state index >= 15 is 0 Å². The molecule has 0 aromatic carbocycles. The van der Waals surface area contributed by atoms with Gasteiger partial charge in [0, 0.05) is 16.3 Å². The van der Waals surface area contributed by atoms with Crippen LogP contribution in [0, 0.1) is 6.92 Å². The molecule has 3 heterocycles. The molecule has 23 heavy (non-hydrogen) atoms. The van der Waals surface area contributed by atoms with Gasteiger partial charge in [0.15, 0.2) is 0 Å². The maximum Gasteiger partial charge on any atom is 0.291 e. The predicted molar refractivity (Wildman–Crippen MR) is 82.2 cm³/mol. The molecular weight excluding hydrogens is 318 g/mol. The van der Waals surface area contributed by atoms with E-state index in [-0.39, 0.29) is 30.8 Å². The minimum atomic E-state index is -0.322. The normalized spacial score (nSPS) is 10.9. The van der Waals surface area contributed by atoms with Crippen LogP contribution in [0.25, 0.3) is 5.95 Å². The number of carbonyl (C=O) groups excluding carboxylic acids is 1. The van der Waals surface area contributed by atoms with Crippen LogP contribution in [0.15, 0.2) is 24.8 Å². The fourth-order valence-electron chi connectivity index (χ4n) is 2.05. The summed E-state index contributed by atoms with van der Waals surface area (Å²) in [5.74, 6) is 0.0709. The van der Waals surface area contributed by atoms with Crippen molar-refractivity contribution < 1.29 is 9.90 Å². The molecule has 1 amide bonds. The number of aryl methyl sites for hydroxylation is 1. The van der Waals surface area contributed by atoms with E-state index in [2.05, 4.69) is 25.4 Å². The van der Waals surface area contributed by atoms with Crippen LogP contribution in [0.3, 0.4) is 0 Å². The number of H-pyrrole nitrogens is 1. The second-order valence-electron chi connectivity index (χ2n) is 4.82. The Labute approximate surface area is 135 Å². The zero-order valence-electron chi connectivity index (χ0n) is 12.4. The number of nitrogens with zero attached hydrogens (tertiary/aromatic N) is 6. The third-order valence-corrected chi connectivity index (χ3v) is 4.11. The number of carbonyl (C=O) groups is 1. The summed E-state index contributed by atoms with van der Waals surface area (Å²) in [6.07, 6.45) is 2.88. The quantitative estimate of drug-likeness (QED) is 0.675. The highest BCUT2D eigenvalue weighted by atomic mass is 32.1. The third kappa shape index (κ3) is 3.43. The van der Waals surface area contributed by atoms with Crippen molar-refractivity contribution >= 4 is 17.2 Å². The number of rotatable bonds is 6. The summed E-state index contributed by atoms with van der Waals surface area (Å²) in [7, 11) is 0. The highest BCUT2D eigenvalue weighted by molar-refractivity contribution is 7.11. The summed E-state index contributed by atoms with van der Waals surface area (Å²) >= 11 is 1.62. The summed E-state index contributed by atoms with van der Waals surface area (Å²) in [5, 5.41) is 23.1. The molecule has 0 saturated heterocycles. The van der Waals surface area contributed by atoms with E-state index in [9.17, 15) is 9.90 Å². The van der Waals surface area contributed by atoms with Gasteiger partial charge >= 0.3 is 0 Å². The molecule has 0 aliphatic carbocycles. The van der Waals surface area contributed by atoms with Gasteiger partial charge in [-0.3, -0.25) is 14.5 Å². The molecule has 2 N–H and O–H groups in total. The average molecular weight is 333 g/mol. The first-order valence-electron chi connectivity index (χ1n) is 6.90. The van der Waals surface area contributed by atoms with E-state index < -0.39 is 0 Å². The van der Waals surface area contributed by atoms with Crippen molar-refractivity contribution in [1.82, 2.24) is 34.8 Å². The molecule has 10 heteroatoms. The van der Waals surface area contributed by atoms with Crippen LogP contribution < -0.4 is 0 Å². The molecule has 0 saturated carbocycles. The van der Waals surface area contributed by atoms with E-state index in [1.807, 2.05) is 19.1 Å². The van der Waals surface area contributed by atoms with Gasteiger partial charge in [0.05, 0.1) is 13.2 Å². The zero-order chi connectivity index (χ0) is 16.2. The molecule has 0 unspecified atom stereocenters. The lowest BCUT2D eigenvalue weighted by Crippen LogP contribution is -2.33. The van der Waals surface area contributed by atoms with Gasteiger partial charge in [-0.25, -0.2) is 0 Å². The molecule has 3 rings (SSSR count). The maximum atomic E-state index is 12.6. The molecule has 0 bridgehead atoms. The van der Waals surface area contributed by atoms with Crippen molar-refractivity contribution in [3.05, 3.63) is 40.4 Å². The van der Waals surface area contributed by atoms with E-state index in [0.29, 0.717) is 6.54 Å². The zero-order valence-corrected chi connectivity index (χ0v) is 13.2. The van der Waals surface area contributed by atoms with Gasteiger partial charge in [-0.15, -0.1) is 26.6 Å². The molecule has 0 fully saturated rings. The lowest BCUT2D eigenvalue weighted by atomic mass is 10.3. The minimum absolute atomic E-state index is 0.107. The number of nitrogens with one attached hydrogen (secondary N) is 1. The van der Waals surface area contributed by atoms with Crippen LogP contribution in [-0.2, 0) is 6.54 Å². The Hall–Kier alpha value is -2.59. The number of aromatic nitrogens is 6. The van der Waals surface area contributed by atoms with Gasteiger partial charge in [-0.2, -0.15) is 4.98 Å². The summed E-state index contributed by atoms with van der Waals surface area (Å²) in [4.78, 5) is 20.5. The molecular formula is C13H15N7O2S. The summed E-state index contributed by atoms with van der Waals surface area (Å²) in [5.41, 5.74) is 0. The molecule has 0 spiro atoms. The highest BCUT2D eigenvalue weighted by Gasteiger charge is 2.20. The van der Waals surface area contributed by atoms with Crippen LogP contribution >= 0.6 is 11.3 Å². The summed E-state index contributed by atoms with van der Waals surface area (Å²) in [6, 6.07) is 3.97. The topological polar surface area (TPSA) is 113 Å². The van der Waals surface area contributed by atoms with Gasteiger partial charge < -0.3 is 10.0 Å². The van der Waals surface area contributed by atoms with Crippen molar-refractivity contribution in [2.75, 3.05) is 13.2 Å². The van der Waals surface area contributed by atoms with Crippen molar-refractivity contribution in [2.24, 2.45) is 0 Å². The van der Waals surface area contributed by atoms with Gasteiger partial charge in [0.25, 0.3) is 11.9 Å². The number of aliphatic hydroxyl groups excluding tert-OH is 1. The number of hydrogen-bond donors (Lipinski definition) is 2. The SMILES string of the molecule is Cc1ccc(CN(CCO)C(=O)c2nc(-n3cnnc3)n[nH]2)s1. The Bertz CT molecular complexity index is 780. The number of aliphatic hydroxyl groups is 1. The Morgan fingerprint density at radius 2 is 2.17 bits per heavy atom. The molecule has 0 radical (unpaired) electrons. The smallest absolute Gasteiger partial charge is 0.291 e. The molecule has 9 nitrogen and oxygen atoms in total. The molecule has 0 aliphatic heterocycles. The minimum Gasteiger partial charge on any atom is -0.395 e. The van der Waals surface area contributed by atoms with Crippen molar-refractivity contribution in [1.29, 1.82) is 0 Å². The summed E-state index contributed by atoms with van der Waals surface area (Å²) in [6.45, 7) is 2.52. The number of thiophene rings is 1. The second-order valence-corrected chi connectivity index (χ2v) is 6.19. The summed E-state index contributed by atoms with van der Waals surface area (Å²) < 4.78 is 1.49.